The van der Waals surface area contributed by atoms with E-state index in [1.807, 2.05) is 6.20 Å². The van der Waals surface area contributed by atoms with Gasteiger partial charge in [-0.1, -0.05) is 6.92 Å². The third kappa shape index (κ3) is 4.18. The Morgan fingerprint density at radius 3 is 2.84 bits per heavy atom. The van der Waals surface area contributed by atoms with Crippen LogP contribution in [0.15, 0.2) is 18.3 Å². The fourth-order valence-corrected chi connectivity index (χ4v) is 2.50. The lowest BCUT2D eigenvalue weighted by molar-refractivity contribution is 0.0458. The monoisotopic (exact) mass is 263 g/mol. The third-order valence-corrected chi connectivity index (χ3v) is 3.56. The first kappa shape index (κ1) is 14.3. The Bertz CT molecular complexity index is 375. The van der Waals surface area contributed by atoms with Crippen LogP contribution >= 0.6 is 0 Å². The molecule has 0 bridgehead atoms. The molecule has 0 unspecified atom stereocenters. The van der Waals surface area contributed by atoms with Crippen LogP contribution < -0.4 is 10.2 Å². The first-order valence-corrected chi connectivity index (χ1v) is 7.35. The van der Waals surface area contributed by atoms with Gasteiger partial charge in [-0.05, 0) is 44.0 Å². The van der Waals surface area contributed by atoms with E-state index in [4.69, 9.17) is 4.74 Å². The molecule has 0 aromatic carbocycles. The van der Waals surface area contributed by atoms with Gasteiger partial charge in [0, 0.05) is 32.4 Å². The number of rotatable bonds is 6. The van der Waals surface area contributed by atoms with Crippen LogP contribution in [0.25, 0.3) is 0 Å². The molecule has 1 fully saturated rings. The molecule has 106 valence electrons. The van der Waals surface area contributed by atoms with Crippen molar-refractivity contribution in [2.24, 2.45) is 0 Å². The number of nitrogens with zero attached hydrogens (tertiary/aromatic N) is 2. The molecule has 1 aromatic heterocycles. The highest BCUT2D eigenvalue weighted by Crippen LogP contribution is 2.20. The van der Waals surface area contributed by atoms with Gasteiger partial charge in [0.05, 0.1) is 6.10 Å². The highest BCUT2D eigenvalue weighted by molar-refractivity contribution is 5.41. The second kappa shape index (κ2) is 7.46. The molecule has 2 heterocycles. The lowest BCUT2D eigenvalue weighted by Gasteiger charge is -2.32. The van der Waals surface area contributed by atoms with Crippen LogP contribution in [-0.2, 0) is 11.3 Å². The predicted molar refractivity (Wildman–Crippen MR) is 78.5 cm³/mol. The normalized spacial score (nSPS) is 16.8. The molecule has 4 nitrogen and oxygen atoms in total. The minimum Gasteiger partial charge on any atom is -0.378 e. The van der Waals surface area contributed by atoms with E-state index in [0.717, 1.165) is 51.4 Å². The molecule has 1 aliphatic heterocycles. The summed E-state index contributed by atoms with van der Waals surface area (Å²) in [5.74, 6) is 1.10. The molecular weight excluding hydrogens is 238 g/mol. The number of aromatic nitrogens is 1. The molecule has 4 heteroatoms. The van der Waals surface area contributed by atoms with E-state index in [2.05, 4.69) is 41.2 Å². The standard InChI is InChI=1S/C15H25N3O/c1-3-16-12-13-5-8-17-15(11-13)18-9-6-14(7-10-18)19-4-2/h5,8,11,14,16H,3-4,6-7,9-10,12H2,1-2H3. The van der Waals surface area contributed by atoms with E-state index in [9.17, 15) is 0 Å². The van der Waals surface area contributed by atoms with Crippen molar-refractivity contribution in [3.05, 3.63) is 23.9 Å². The van der Waals surface area contributed by atoms with Gasteiger partial charge in [-0.25, -0.2) is 4.98 Å². The Balaban J connectivity index is 1.91. The van der Waals surface area contributed by atoms with E-state index in [1.165, 1.54) is 5.56 Å². The zero-order chi connectivity index (χ0) is 13.5. The van der Waals surface area contributed by atoms with Crippen molar-refractivity contribution in [1.29, 1.82) is 0 Å². The van der Waals surface area contributed by atoms with Gasteiger partial charge in [0.1, 0.15) is 5.82 Å². The number of anilines is 1. The quantitative estimate of drug-likeness (QED) is 0.854. The van der Waals surface area contributed by atoms with Crippen LogP contribution in [0.3, 0.4) is 0 Å². The maximum Gasteiger partial charge on any atom is 0.128 e. The maximum absolute atomic E-state index is 5.69. The van der Waals surface area contributed by atoms with Gasteiger partial charge in [0.25, 0.3) is 0 Å². The van der Waals surface area contributed by atoms with Crippen molar-refractivity contribution in [3.8, 4) is 0 Å². The molecule has 1 saturated heterocycles. The van der Waals surface area contributed by atoms with Crippen LogP contribution in [0.1, 0.15) is 32.3 Å². The van der Waals surface area contributed by atoms with Gasteiger partial charge in [0.2, 0.25) is 0 Å². The first-order chi connectivity index (χ1) is 9.33. The number of nitrogens with one attached hydrogen (secondary N) is 1. The maximum atomic E-state index is 5.69. The Kier molecular flexibility index (Phi) is 5.61. The molecule has 19 heavy (non-hydrogen) atoms. The smallest absolute Gasteiger partial charge is 0.128 e. The van der Waals surface area contributed by atoms with Gasteiger partial charge in [0.15, 0.2) is 0 Å². The fourth-order valence-electron chi connectivity index (χ4n) is 2.50. The summed E-state index contributed by atoms with van der Waals surface area (Å²) in [6.45, 7) is 9.02. The zero-order valence-corrected chi connectivity index (χ0v) is 12.1. The molecule has 0 spiro atoms. The number of pyridine rings is 1. The molecule has 1 N–H and O–H groups in total. The molecular formula is C15H25N3O. The molecule has 2 rings (SSSR count). The summed E-state index contributed by atoms with van der Waals surface area (Å²) in [6.07, 6.45) is 4.56. The number of ether oxygens (including phenoxy) is 1. The summed E-state index contributed by atoms with van der Waals surface area (Å²) >= 11 is 0. The van der Waals surface area contributed by atoms with E-state index < -0.39 is 0 Å². The van der Waals surface area contributed by atoms with Gasteiger partial charge in [-0.3, -0.25) is 0 Å². The molecule has 0 radical (unpaired) electrons. The number of hydrogen-bond donors (Lipinski definition) is 1. The Labute approximate surface area is 116 Å². The summed E-state index contributed by atoms with van der Waals surface area (Å²) in [7, 11) is 0. The predicted octanol–water partition coefficient (Wildman–Crippen LogP) is 2.20. The highest BCUT2D eigenvalue weighted by Gasteiger charge is 2.20. The lowest BCUT2D eigenvalue weighted by Crippen LogP contribution is -2.37. The van der Waals surface area contributed by atoms with Crippen molar-refractivity contribution >= 4 is 5.82 Å². The second-order valence-electron chi connectivity index (χ2n) is 4.94. The minimum atomic E-state index is 0.436. The molecule has 1 aliphatic rings. The number of piperidine rings is 1. The van der Waals surface area contributed by atoms with Gasteiger partial charge in [-0.15, -0.1) is 0 Å². The average Bonchev–Trinajstić information content (AvgIpc) is 2.46. The van der Waals surface area contributed by atoms with Crippen LogP contribution in [-0.4, -0.2) is 37.3 Å². The summed E-state index contributed by atoms with van der Waals surface area (Å²) < 4.78 is 5.69. The molecule has 0 saturated carbocycles. The topological polar surface area (TPSA) is 37.4 Å². The van der Waals surface area contributed by atoms with Crippen LogP contribution in [0.4, 0.5) is 5.82 Å². The summed E-state index contributed by atoms with van der Waals surface area (Å²) in [6, 6.07) is 4.28. The van der Waals surface area contributed by atoms with Crippen LogP contribution in [0.2, 0.25) is 0 Å². The van der Waals surface area contributed by atoms with E-state index in [-0.39, 0.29) is 0 Å². The largest absolute Gasteiger partial charge is 0.378 e. The van der Waals surface area contributed by atoms with Gasteiger partial charge in [-0.2, -0.15) is 0 Å². The van der Waals surface area contributed by atoms with Crippen molar-refractivity contribution < 1.29 is 4.74 Å². The van der Waals surface area contributed by atoms with Crippen LogP contribution in [0, 0.1) is 0 Å². The first-order valence-electron chi connectivity index (χ1n) is 7.35. The fraction of sp³-hybridized carbons (Fsp3) is 0.667. The summed E-state index contributed by atoms with van der Waals surface area (Å²) in [5, 5.41) is 3.35. The highest BCUT2D eigenvalue weighted by atomic mass is 16.5. The Hall–Kier alpha value is -1.13. The molecule has 0 atom stereocenters. The van der Waals surface area contributed by atoms with Gasteiger partial charge < -0.3 is 15.0 Å². The van der Waals surface area contributed by atoms with Crippen LogP contribution in [0.5, 0.6) is 0 Å². The van der Waals surface area contributed by atoms with Gasteiger partial charge >= 0.3 is 0 Å². The third-order valence-electron chi connectivity index (χ3n) is 3.56. The molecule has 0 amide bonds. The molecule has 0 aliphatic carbocycles. The van der Waals surface area contributed by atoms with Crippen molar-refractivity contribution in [2.75, 3.05) is 31.1 Å². The van der Waals surface area contributed by atoms with E-state index >= 15 is 0 Å². The van der Waals surface area contributed by atoms with Crippen molar-refractivity contribution in [2.45, 2.75) is 39.3 Å². The van der Waals surface area contributed by atoms with Crippen molar-refractivity contribution in [3.63, 3.8) is 0 Å². The summed E-state index contributed by atoms with van der Waals surface area (Å²) in [4.78, 5) is 6.87. The second-order valence-corrected chi connectivity index (χ2v) is 4.94. The zero-order valence-electron chi connectivity index (χ0n) is 12.1. The SMILES string of the molecule is CCNCc1ccnc(N2CCC(OCC)CC2)c1. The average molecular weight is 263 g/mol. The molecule has 1 aromatic rings. The summed E-state index contributed by atoms with van der Waals surface area (Å²) in [5.41, 5.74) is 1.30. The van der Waals surface area contributed by atoms with E-state index in [0.29, 0.717) is 6.10 Å². The minimum absolute atomic E-state index is 0.436. The lowest BCUT2D eigenvalue weighted by atomic mass is 10.1. The van der Waals surface area contributed by atoms with Crippen molar-refractivity contribution in [1.82, 2.24) is 10.3 Å². The van der Waals surface area contributed by atoms with E-state index in [1.54, 1.807) is 0 Å². The Morgan fingerprint density at radius 2 is 2.16 bits per heavy atom. The Morgan fingerprint density at radius 1 is 1.37 bits per heavy atom. The number of hydrogen-bond acceptors (Lipinski definition) is 4.